The predicted octanol–water partition coefficient (Wildman–Crippen LogP) is 1.89. The van der Waals surface area contributed by atoms with Crippen LogP contribution in [-0.4, -0.2) is 36.2 Å². The van der Waals surface area contributed by atoms with Gasteiger partial charge in [-0.15, -0.1) is 0 Å². The first kappa shape index (κ1) is 9.47. The fourth-order valence-electron chi connectivity index (χ4n) is 2.51. The maximum Gasteiger partial charge on any atom is 0.0626 e. The topological polar surface area (TPSA) is 12.5 Å². The van der Waals surface area contributed by atoms with Crippen LogP contribution in [0.25, 0.3) is 0 Å². The normalized spacial score (nSPS) is 36.9. The fraction of sp³-hybridized carbons (Fsp3) is 1.00. The molecule has 2 bridgehead atoms. The Hall–Kier alpha value is -0.0800. The molecule has 0 amide bonds. The quantitative estimate of drug-likeness (QED) is 0.648. The van der Waals surface area contributed by atoms with Crippen LogP contribution in [-0.2, 0) is 4.74 Å². The first-order chi connectivity index (χ1) is 6.18. The number of piperidine rings is 1. The van der Waals surface area contributed by atoms with Crippen LogP contribution in [0.3, 0.4) is 0 Å². The number of likely N-dealkylation sites (tertiary alicyclic amines) is 1. The van der Waals surface area contributed by atoms with E-state index in [2.05, 4.69) is 25.7 Å². The summed E-state index contributed by atoms with van der Waals surface area (Å²) in [6, 6.07) is 1.43. The van der Waals surface area contributed by atoms with Crippen LogP contribution in [0.5, 0.6) is 0 Å². The molecule has 0 aromatic rings. The molecule has 13 heavy (non-hydrogen) atoms. The van der Waals surface area contributed by atoms with Gasteiger partial charge in [0.25, 0.3) is 0 Å². The lowest BCUT2D eigenvalue weighted by Gasteiger charge is -2.38. The second kappa shape index (κ2) is 3.58. The standard InChI is InChI=1S/C11H21NO/c1-8(2)9(3)12-5-4-11-6-10(12)7-13-11/h8-11H,4-7H2,1-3H3. The average molecular weight is 183 g/mol. The minimum atomic E-state index is 0.584. The van der Waals surface area contributed by atoms with E-state index in [0.29, 0.717) is 12.1 Å². The molecule has 0 aromatic heterocycles. The molecule has 76 valence electrons. The summed E-state index contributed by atoms with van der Waals surface area (Å²) in [4.78, 5) is 2.65. The Balaban J connectivity index is 1.99. The summed E-state index contributed by atoms with van der Waals surface area (Å²) in [6.45, 7) is 9.19. The molecule has 0 saturated carbocycles. The molecule has 2 rings (SSSR count). The molecule has 2 nitrogen and oxygen atoms in total. The Kier molecular flexibility index (Phi) is 2.61. The van der Waals surface area contributed by atoms with E-state index in [0.717, 1.165) is 18.6 Å². The van der Waals surface area contributed by atoms with Gasteiger partial charge in [0.15, 0.2) is 0 Å². The number of ether oxygens (including phenoxy) is 1. The molecule has 3 atom stereocenters. The van der Waals surface area contributed by atoms with Crippen molar-refractivity contribution in [2.24, 2.45) is 5.92 Å². The fourth-order valence-corrected chi connectivity index (χ4v) is 2.51. The molecule has 3 unspecified atom stereocenters. The van der Waals surface area contributed by atoms with Gasteiger partial charge in [0.1, 0.15) is 0 Å². The Bertz CT molecular complexity index is 179. The van der Waals surface area contributed by atoms with Crippen LogP contribution in [0.4, 0.5) is 0 Å². The van der Waals surface area contributed by atoms with Crippen LogP contribution in [0.15, 0.2) is 0 Å². The van der Waals surface area contributed by atoms with Crippen molar-refractivity contribution in [1.82, 2.24) is 4.90 Å². The Labute approximate surface area is 81.3 Å². The SMILES string of the molecule is CC(C)C(C)N1CCC2CC1CO2. The molecule has 2 heteroatoms. The van der Waals surface area contributed by atoms with Crippen molar-refractivity contribution in [3.63, 3.8) is 0 Å². The van der Waals surface area contributed by atoms with E-state index in [1.165, 1.54) is 19.4 Å². The van der Waals surface area contributed by atoms with Crippen LogP contribution < -0.4 is 0 Å². The zero-order chi connectivity index (χ0) is 9.42. The summed E-state index contributed by atoms with van der Waals surface area (Å²) in [7, 11) is 0. The highest BCUT2D eigenvalue weighted by Crippen LogP contribution is 2.30. The third-order valence-corrected chi connectivity index (χ3v) is 3.73. The molecule has 2 heterocycles. The highest BCUT2D eigenvalue weighted by molar-refractivity contribution is 4.90. The molecular formula is C11H21NO. The smallest absolute Gasteiger partial charge is 0.0626 e. The summed E-state index contributed by atoms with van der Waals surface area (Å²) in [5.74, 6) is 0.761. The van der Waals surface area contributed by atoms with Gasteiger partial charge in [-0.1, -0.05) is 13.8 Å². The number of fused-ring (bicyclic) bond motifs is 2. The van der Waals surface area contributed by atoms with Gasteiger partial charge < -0.3 is 4.74 Å². The monoisotopic (exact) mass is 183 g/mol. The second-order valence-corrected chi connectivity index (χ2v) is 4.86. The highest BCUT2D eigenvalue weighted by Gasteiger charge is 2.37. The molecule has 2 aliphatic heterocycles. The van der Waals surface area contributed by atoms with Gasteiger partial charge in [0.05, 0.1) is 12.7 Å². The van der Waals surface area contributed by atoms with Crippen molar-refractivity contribution in [2.45, 2.75) is 51.8 Å². The minimum absolute atomic E-state index is 0.584. The van der Waals surface area contributed by atoms with Crippen molar-refractivity contribution in [3.05, 3.63) is 0 Å². The van der Waals surface area contributed by atoms with E-state index in [4.69, 9.17) is 4.74 Å². The second-order valence-electron chi connectivity index (χ2n) is 4.86. The van der Waals surface area contributed by atoms with Gasteiger partial charge in [-0.25, -0.2) is 0 Å². The first-order valence-corrected chi connectivity index (χ1v) is 5.56. The third kappa shape index (κ3) is 1.75. The molecule has 0 aromatic carbocycles. The van der Waals surface area contributed by atoms with Gasteiger partial charge in [0.2, 0.25) is 0 Å². The number of rotatable bonds is 2. The van der Waals surface area contributed by atoms with Gasteiger partial charge >= 0.3 is 0 Å². The molecule has 0 spiro atoms. The average Bonchev–Trinajstić information content (AvgIpc) is 2.47. The number of hydrogen-bond donors (Lipinski definition) is 0. The van der Waals surface area contributed by atoms with E-state index in [1.807, 2.05) is 0 Å². The minimum Gasteiger partial charge on any atom is -0.376 e. The van der Waals surface area contributed by atoms with Crippen molar-refractivity contribution in [1.29, 1.82) is 0 Å². The van der Waals surface area contributed by atoms with Crippen LogP contribution in [0.2, 0.25) is 0 Å². The molecular weight excluding hydrogens is 162 g/mol. The third-order valence-electron chi connectivity index (χ3n) is 3.73. The van der Waals surface area contributed by atoms with Crippen molar-refractivity contribution in [3.8, 4) is 0 Å². The van der Waals surface area contributed by atoms with E-state index in [-0.39, 0.29) is 0 Å². The summed E-state index contributed by atoms with van der Waals surface area (Å²) < 4.78 is 5.70. The molecule has 2 aliphatic rings. The Morgan fingerprint density at radius 3 is 2.77 bits per heavy atom. The van der Waals surface area contributed by atoms with Gasteiger partial charge in [0, 0.05) is 18.6 Å². The summed E-state index contributed by atoms with van der Waals surface area (Å²) in [6.07, 6.45) is 3.10. The largest absolute Gasteiger partial charge is 0.376 e. The van der Waals surface area contributed by atoms with Gasteiger partial charge in [-0.05, 0) is 25.7 Å². The van der Waals surface area contributed by atoms with Crippen LogP contribution in [0, 0.1) is 5.92 Å². The lowest BCUT2D eigenvalue weighted by Crippen LogP contribution is -2.47. The summed E-state index contributed by atoms with van der Waals surface area (Å²) in [5, 5.41) is 0. The van der Waals surface area contributed by atoms with Crippen molar-refractivity contribution in [2.75, 3.05) is 13.2 Å². The van der Waals surface area contributed by atoms with Crippen LogP contribution >= 0.6 is 0 Å². The zero-order valence-corrected chi connectivity index (χ0v) is 8.99. The molecule has 0 N–H and O–H groups in total. The molecule has 0 aliphatic carbocycles. The highest BCUT2D eigenvalue weighted by atomic mass is 16.5. The lowest BCUT2D eigenvalue weighted by atomic mass is 9.96. The van der Waals surface area contributed by atoms with E-state index in [9.17, 15) is 0 Å². The van der Waals surface area contributed by atoms with E-state index in [1.54, 1.807) is 0 Å². The summed E-state index contributed by atoms with van der Waals surface area (Å²) >= 11 is 0. The maximum atomic E-state index is 5.70. The predicted molar refractivity (Wildman–Crippen MR) is 53.8 cm³/mol. The number of nitrogens with zero attached hydrogens (tertiary/aromatic N) is 1. The lowest BCUT2D eigenvalue weighted by molar-refractivity contribution is 0.0926. The van der Waals surface area contributed by atoms with E-state index < -0.39 is 0 Å². The number of hydrogen-bond acceptors (Lipinski definition) is 2. The Morgan fingerprint density at radius 1 is 1.31 bits per heavy atom. The van der Waals surface area contributed by atoms with Crippen LogP contribution in [0.1, 0.15) is 33.6 Å². The Morgan fingerprint density at radius 2 is 2.08 bits per heavy atom. The van der Waals surface area contributed by atoms with Crippen molar-refractivity contribution >= 4 is 0 Å². The molecule has 0 radical (unpaired) electrons. The summed E-state index contributed by atoms with van der Waals surface area (Å²) in [5.41, 5.74) is 0. The van der Waals surface area contributed by atoms with Gasteiger partial charge in [-0.3, -0.25) is 4.90 Å². The van der Waals surface area contributed by atoms with E-state index >= 15 is 0 Å². The zero-order valence-electron chi connectivity index (χ0n) is 8.99. The van der Waals surface area contributed by atoms with Crippen molar-refractivity contribution < 1.29 is 4.74 Å². The molecule has 2 saturated heterocycles. The maximum absolute atomic E-state index is 5.70. The van der Waals surface area contributed by atoms with Gasteiger partial charge in [-0.2, -0.15) is 0 Å². The molecule has 2 fully saturated rings. The first-order valence-electron chi connectivity index (χ1n) is 5.56.